The molecular formula is C11H11N3O2. The van der Waals surface area contributed by atoms with Crippen LogP contribution in [0.5, 0.6) is 0 Å². The molecule has 0 radical (unpaired) electrons. The van der Waals surface area contributed by atoms with Crippen LogP contribution in [0.3, 0.4) is 0 Å². The van der Waals surface area contributed by atoms with Crippen molar-refractivity contribution in [2.75, 3.05) is 7.11 Å². The molecule has 0 spiro atoms. The normalized spacial score (nSPS) is 10.1. The first-order valence-electron chi connectivity index (χ1n) is 4.76. The van der Waals surface area contributed by atoms with E-state index in [1.807, 2.05) is 13.0 Å². The largest absolute Gasteiger partial charge is 0.465 e. The number of carbonyl (C=O) groups is 1. The predicted octanol–water partition coefficient (Wildman–Crippen LogP) is 1.36. The van der Waals surface area contributed by atoms with Crippen LogP contribution in [-0.2, 0) is 4.74 Å². The zero-order chi connectivity index (χ0) is 11.5. The Bertz CT molecular complexity index is 506. The van der Waals surface area contributed by atoms with Crippen molar-refractivity contribution in [3.63, 3.8) is 0 Å². The molecule has 0 atom stereocenters. The Morgan fingerprint density at radius 2 is 2.25 bits per heavy atom. The van der Waals surface area contributed by atoms with Crippen molar-refractivity contribution >= 4 is 5.97 Å². The van der Waals surface area contributed by atoms with Gasteiger partial charge in [0.2, 0.25) is 0 Å². The van der Waals surface area contributed by atoms with E-state index < -0.39 is 0 Å². The number of benzene rings is 1. The van der Waals surface area contributed by atoms with Crippen LogP contribution in [0.4, 0.5) is 0 Å². The first kappa shape index (κ1) is 10.4. The molecule has 16 heavy (non-hydrogen) atoms. The molecule has 0 aliphatic carbocycles. The van der Waals surface area contributed by atoms with E-state index in [1.165, 1.54) is 13.4 Å². The van der Waals surface area contributed by atoms with Gasteiger partial charge in [0.25, 0.3) is 0 Å². The fourth-order valence-electron chi connectivity index (χ4n) is 1.47. The first-order chi connectivity index (χ1) is 7.72. The third-order valence-corrected chi connectivity index (χ3v) is 2.30. The maximum atomic E-state index is 11.4. The Morgan fingerprint density at radius 3 is 2.81 bits per heavy atom. The quantitative estimate of drug-likeness (QED) is 0.713. The van der Waals surface area contributed by atoms with Crippen molar-refractivity contribution in [1.82, 2.24) is 14.8 Å². The molecule has 82 valence electrons. The molecule has 5 nitrogen and oxygen atoms in total. The molecule has 0 N–H and O–H groups in total. The summed E-state index contributed by atoms with van der Waals surface area (Å²) in [5.74, 6) is -0.331. The number of esters is 1. The van der Waals surface area contributed by atoms with E-state index in [-0.39, 0.29) is 5.97 Å². The van der Waals surface area contributed by atoms with Gasteiger partial charge in [-0.25, -0.2) is 14.5 Å². The van der Waals surface area contributed by atoms with Crippen LogP contribution < -0.4 is 0 Å². The zero-order valence-corrected chi connectivity index (χ0v) is 9.04. The number of nitrogens with zero attached hydrogens (tertiary/aromatic N) is 3. The lowest BCUT2D eigenvalue weighted by atomic mass is 10.1. The van der Waals surface area contributed by atoms with E-state index in [4.69, 9.17) is 0 Å². The summed E-state index contributed by atoms with van der Waals surface area (Å²) < 4.78 is 6.31. The maximum Gasteiger partial charge on any atom is 0.338 e. The smallest absolute Gasteiger partial charge is 0.338 e. The molecule has 0 saturated heterocycles. The van der Waals surface area contributed by atoms with Crippen LogP contribution in [0.15, 0.2) is 30.9 Å². The van der Waals surface area contributed by atoms with E-state index in [9.17, 15) is 4.79 Å². The molecule has 5 heteroatoms. The van der Waals surface area contributed by atoms with Gasteiger partial charge in [0.15, 0.2) is 0 Å². The Labute approximate surface area is 92.7 Å². The van der Waals surface area contributed by atoms with Crippen molar-refractivity contribution in [2.45, 2.75) is 6.92 Å². The van der Waals surface area contributed by atoms with Gasteiger partial charge in [-0.05, 0) is 30.7 Å². The molecule has 2 aromatic rings. The summed E-state index contributed by atoms with van der Waals surface area (Å²) in [7, 11) is 1.37. The van der Waals surface area contributed by atoms with Gasteiger partial charge >= 0.3 is 5.97 Å². The number of aromatic nitrogens is 3. The summed E-state index contributed by atoms with van der Waals surface area (Å²) in [5.41, 5.74) is 2.27. The molecule has 0 unspecified atom stereocenters. The fourth-order valence-corrected chi connectivity index (χ4v) is 1.47. The molecule has 0 aliphatic heterocycles. The van der Waals surface area contributed by atoms with Gasteiger partial charge in [0.1, 0.15) is 12.7 Å². The predicted molar refractivity (Wildman–Crippen MR) is 57.4 cm³/mol. The van der Waals surface area contributed by atoms with E-state index in [2.05, 4.69) is 14.8 Å². The minimum Gasteiger partial charge on any atom is -0.465 e. The van der Waals surface area contributed by atoms with Gasteiger partial charge in [-0.15, -0.1) is 0 Å². The van der Waals surface area contributed by atoms with Crippen LogP contribution >= 0.6 is 0 Å². The highest BCUT2D eigenvalue weighted by Crippen LogP contribution is 2.14. The maximum absolute atomic E-state index is 11.4. The van der Waals surface area contributed by atoms with Crippen molar-refractivity contribution < 1.29 is 9.53 Å². The van der Waals surface area contributed by atoms with E-state index in [1.54, 1.807) is 23.1 Å². The van der Waals surface area contributed by atoms with Gasteiger partial charge < -0.3 is 4.74 Å². The van der Waals surface area contributed by atoms with E-state index in [0.29, 0.717) is 5.56 Å². The van der Waals surface area contributed by atoms with Crippen molar-refractivity contribution in [3.05, 3.63) is 42.0 Å². The average Bonchev–Trinajstić information content (AvgIpc) is 2.81. The highest BCUT2D eigenvalue weighted by molar-refractivity contribution is 5.91. The third kappa shape index (κ3) is 1.79. The second kappa shape index (κ2) is 4.14. The third-order valence-electron chi connectivity index (χ3n) is 2.30. The van der Waals surface area contributed by atoms with Crippen molar-refractivity contribution in [1.29, 1.82) is 0 Å². The molecule has 1 heterocycles. The van der Waals surface area contributed by atoms with Gasteiger partial charge in [-0.3, -0.25) is 0 Å². The number of carbonyl (C=O) groups excluding carboxylic acids is 1. The minimum absolute atomic E-state index is 0.331. The Morgan fingerprint density at radius 1 is 1.44 bits per heavy atom. The standard InChI is InChI=1S/C11H11N3O2/c1-8-5-9(14-7-12-6-13-14)3-4-10(8)11(15)16-2/h3-7H,1-2H3. The summed E-state index contributed by atoms with van der Waals surface area (Å²) >= 11 is 0. The second-order valence-electron chi connectivity index (χ2n) is 3.33. The van der Waals surface area contributed by atoms with Crippen molar-refractivity contribution in [2.24, 2.45) is 0 Å². The number of rotatable bonds is 2. The van der Waals surface area contributed by atoms with Gasteiger partial charge in [0, 0.05) is 0 Å². The lowest BCUT2D eigenvalue weighted by molar-refractivity contribution is 0.0600. The Balaban J connectivity index is 2.41. The zero-order valence-electron chi connectivity index (χ0n) is 9.04. The molecular weight excluding hydrogens is 206 g/mol. The molecule has 2 rings (SSSR count). The SMILES string of the molecule is COC(=O)c1ccc(-n2cncn2)cc1C. The van der Waals surface area contributed by atoms with E-state index in [0.717, 1.165) is 11.3 Å². The first-order valence-corrected chi connectivity index (χ1v) is 4.76. The minimum atomic E-state index is -0.331. The fraction of sp³-hybridized carbons (Fsp3) is 0.182. The summed E-state index contributed by atoms with van der Waals surface area (Å²) in [6.45, 7) is 1.85. The Hall–Kier alpha value is -2.17. The number of methoxy groups -OCH3 is 1. The van der Waals surface area contributed by atoms with Gasteiger partial charge in [-0.2, -0.15) is 5.10 Å². The van der Waals surface area contributed by atoms with Crippen LogP contribution in [-0.4, -0.2) is 27.8 Å². The molecule has 1 aromatic carbocycles. The van der Waals surface area contributed by atoms with Gasteiger partial charge in [0.05, 0.1) is 18.4 Å². The lowest BCUT2D eigenvalue weighted by Crippen LogP contribution is -2.05. The van der Waals surface area contributed by atoms with Crippen LogP contribution in [0.25, 0.3) is 5.69 Å². The highest BCUT2D eigenvalue weighted by atomic mass is 16.5. The summed E-state index contributed by atoms with van der Waals surface area (Å²) in [6.07, 6.45) is 3.07. The molecule has 0 fully saturated rings. The summed E-state index contributed by atoms with van der Waals surface area (Å²) in [4.78, 5) is 15.2. The second-order valence-corrected chi connectivity index (χ2v) is 3.33. The molecule has 1 aromatic heterocycles. The summed E-state index contributed by atoms with van der Waals surface area (Å²) in [6, 6.07) is 5.38. The number of aryl methyl sites for hydroxylation is 1. The lowest BCUT2D eigenvalue weighted by Gasteiger charge is -2.06. The monoisotopic (exact) mass is 217 g/mol. The molecule has 0 saturated carbocycles. The number of hydrogen-bond donors (Lipinski definition) is 0. The van der Waals surface area contributed by atoms with Gasteiger partial charge in [-0.1, -0.05) is 0 Å². The highest BCUT2D eigenvalue weighted by Gasteiger charge is 2.09. The summed E-state index contributed by atoms with van der Waals surface area (Å²) in [5, 5.41) is 4.01. The number of ether oxygens (including phenoxy) is 1. The van der Waals surface area contributed by atoms with Crippen LogP contribution in [0, 0.1) is 6.92 Å². The van der Waals surface area contributed by atoms with Crippen molar-refractivity contribution in [3.8, 4) is 5.69 Å². The molecule has 0 bridgehead atoms. The molecule has 0 aliphatic rings. The number of hydrogen-bond acceptors (Lipinski definition) is 4. The van der Waals surface area contributed by atoms with E-state index >= 15 is 0 Å². The Kier molecular flexibility index (Phi) is 2.68. The van der Waals surface area contributed by atoms with Crippen LogP contribution in [0.1, 0.15) is 15.9 Å². The topological polar surface area (TPSA) is 57.0 Å². The molecule has 0 amide bonds. The average molecular weight is 217 g/mol. The van der Waals surface area contributed by atoms with Crippen LogP contribution in [0.2, 0.25) is 0 Å².